The Labute approximate surface area is 331 Å². The molecule has 1 amide bonds. The van der Waals surface area contributed by atoms with Crippen LogP contribution >= 0.6 is 0 Å². The van der Waals surface area contributed by atoms with Crippen molar-refractivity contribution in [1.29, 1.82) is 0 Å². The Morgan fingerprint density at radius 1 is 0.453 bits per heavy atom. The maximum absolute atomic E-state index is 12.4. The molecule has 0 heterocycles. The summed E-state index contributed by atoms with van der Waals surface area (Å²) in [6.45, 7) is 4.30. The zero-order chi connectivity index (χ0) is 38.6. The largest absolute Gasteiger partial charge is 0.394 e. The molecule has 0 spiro atoms. The number of amides is 1. The van der Waals surface area contributed by atoms with Crippen molar-refractivity contribution < 1.29 is 15.0 Å². The number of carbonyl (C=O) groups excluding carboxylic acids is 1. The minimum Gasteiger partial charge on any atom is -0.394 e. The van der Waals surface area contributed by atoms with E-state index in [-0.39, 0.29) is 12.5 Å². The number of aliphatic hydroxyl groups excluding tert-OH is 2. The average Bonchev–Trinajstić information content (AvgIpc) is 3.16. The van der Waals surface area contributed by atoms with E-state index in [1.807, 2.05) is 6.08 Å². The molecule has 0 saturated heterocycles. The first kappa shape index (κ1) is 51.4. The topological polar surface area (TPSA) is 69.6 Å². The lowest BCUT2D eigenvalue weighted by Gasteiger charge is -2.20. The summed E-state index contributed by atoms with van der Waals surface area (Å²) in [4.78, 5) is 12.4. The summed E-state index contributed by atoms with van der Waals surface area (Å²) in [6.07, 6.45) is 60.8. The minimum atomic E-state index is -0.843. The van der Waals surface area contributed by atoms with Crippen molar-refractivity contribution in [3.05, 3.63) is 48.6 Å². The minimum absolute atomic E-state index is 0.0711. The van der Waals surface area contributed by atoms with Gasteiger partial charge in [-0.1, -0.05) is 223 Å². The summed E-state index contributed by atoms with van der Waals surface area (Å²) in [5.74, 6) is -0.0711. The number of aliphatic hydroxyl groups is 2. The van der Waals surface area contributed by atoms with E-state index in [1.54, 1.807) is 6.08 Å². The Kier molecular flexibility index (Phi) is 43.4. The molecule has 0 aromatic rings. The summed E-state index contributed by atoms with van der Waals surface area (Å²) in [7, 11) is 0. The highest BCUT2D eigenvalue weighted by Crippen LogP contribution is 2.15. The summed E-state index contributed by atoms with van der Waals surface area (Å²) in [5, 5.41) is 23.1. The number of hydrogen-bond donors (Lipinski definition) is 3. The van der Waals surface area contributed by atoms with E-state index in [9.17, 15) is 15.0 Å². The van der Waals surface area contributed by atoms with Crippen LogP contribution in [0.5, 0.6) is 0 Å². The molecule has 53 heavy (non-hydrogen) atoms. The van der Waals surface area contributed by atoms with Crippen molar-refractivity contribution in [2.45, 2.75) is 251 Å². The molecule has 0 aliphatic carbocycles. The molecule has 0 aliphatic heterocycles. The first-order valence-electron chi connectivity index (χ1n) is 23.4. The molecule has 310 valence electrons. The Balaban J connectivity index is 3.59. The predicted molar refractivity (Wildman–Crippen MR) is 235 cm³/mol. The quantitative estimate of drug-likeness (QED) is 0.0431. The van der Waals surface area contributed by atoms with Gasteiger partial charge in [-0.2, -0.15) is 0 Å². The van der Waals surface area contributed by atoms with Gasteiger partial charge in [-0.3, -0.25) is 4.79 Å². The molecule has 0 saturated carbocycles. The first-order chi connectivity index (χ1) is 26.2. The molecular weight excluding hydrogens is 651 g/mol. The van der Waals surface area contributed by atoms with Crippen molar-refractivity contribution in [3.8, 4) is 0 Å². The third kappa shape index (κ3) is 41.4. The van der Waals surface area contributed by atoms with E-state index < -0.39 is 12.1 Å². The van der Waals surface area contributed by atoms with Gasteiger partial charge in [0.25, 0.3) is 0 Å². The zero-order valence-corrected chi connectivity index (χ0v) is 35.5. The number of nitrogens with one attached hydrogen (secondary N) is 1. The molecule has 2 atom stereocenters. The van der Waals surface area contributed by atoms with E-state index in [2.05, 4.69) is 55.6 Å². The van der Waals surface area contributed by atoms with Crippen LogP contribution in [-0.2, 0) is 4.79 Å². The van der Waals surface area contributed by atoms with Gasteiger partial charge in [0.1, 0.15) is 0 Å². The van der Waals surface area contributed by atoms with Crippen LogP contribution < -0.4 is 5.32 Å². The molecule has 0 bridgehead atoms. The van der Waals surface area contributed by atoms with E-state index in [0.29, 0.717) is 6.42 Å². The average molecular weight is 742 g/mol. The van der Waals surface area contributed by atoms with E-state index in [0.717, 1.165) is 38.5 Å². The van der Waals surface area contributed by atoms with Crippen LogP contribution in [0.1, 0.15) is 239 Å². The van der Waals surface area contributed by atoms with Gasteiger partial charge in [0.05, 0.1) is 18.8 Å². The summed E-state index contributed by atoms with van der Waals surface area (Å²) < 4.78 is 0. The lowest BCUT2D eigenvalue weighted by molar-refractivity contribution is -0.123. The van der Waals surface area contributed by atoms with E-state index in [1.165, 1.54) is 180 Å². The molecule has 4 heteroatoms. The highest BCUT2D eigenvalue weighted by atomic mass is 16.3. The molecular formula is C49H91NO3. The molecule has 2 unspecified atom stereocenters. The Morgan fingerprint density at radius 2 is 0.774 bits per heavy atom. The maximum Gasteiger partial charge on any atom is 0.220 e. The van der Waals surface area contributed by atoms with Crippen molar-refractivity contribution in [2.75, 3.05) is 6.61 Å². The number of hydrogen-bond acceptors (Lipinski definition) is 3. The lowest BCUT2D eigenvalue weighted by Crippen LogP contribution is -2.45. The van der Waals surface area contributed by atoms with Gasteiger partial charge in [0, 0.05) is 6.42 Å². The van der Waals surface area contributed by atoms with Crippen molar-refractivity contribution in [3.63, 3.8) is 0 Å². The highest BCUT2D eigenvalue weighted by molar-refractivity contribution is 5.76. The molecule has 0 aromatic carbocycles. The Bertz CT molecular complexity index is 847. The maximum atomic E-state index is 12.4. The van der Waals surface area contributed by atoms with Gasteiger partial charge < -0.3 is 15.5 Å². The first-order valence-corrected chi connectivity index (χ1v) is 23.4. The molecule has 4 nitrogen and oxygen atoms in total. The fourth-order valence-corrected chi connectivity index (χ4v) is 6.95. The van der Waals surface area contributed by atoms with Gasteiger partial charge in [-0.15, -0.1) is 0 Å². The third-order valence-corrected chi connectivity index (χ3v) is 10.6. The standard InChI is InChI=1S/C49H91NO3/c1-3-5-7-9-11-13-15-17-19-21-23-24-25-26-27-29-31-33-35-37-39-41-43-45-49(53)50-47(46-51)48(52)44-42-40-38-36-34-32-30-28-22-20-18-16-14-12-10-8-6-4-2/h15,17,21,23,25-26,42,44,47-48,51-52H,3-14,16,18-20,22,24,27-41,43,45-46H2,1-2H3,(H,50,53)/b17-15-,23-21-,26-25-,44-42+. The van der Waals surface area contributed by atoms with Crippen LogP contribution in [0.25, 0.3) is 0 Å². The Hall–Kier alpha value is -1.65. The molecule has 0 rings (SSSR count). The molecule has 0 fully saturated rings. The third-order valence-electron chi connectivity index (χ3n) is 10.6. The molecule has 0 radical (unpaired) electrons. The second kappa shape index (κ2) is 44.7. The predicted octanol–water partition coefficient (Wildman–Crippen LogP) is 14.7. The second-order valence-corrected chi connectivity index (χ2v) is 15.8. The van der Waals surface area contributed by atoms with Crippen LogP contribution in [0.3, 0.4) is 0 Å². The van der Waals surface area contributed by atoms with Crippen LogP contribution in [-0.4, -0.2) is 34.9 Å². The van der Waals surface area contributed by atoms with Crippen LogP contribution in [0, 0.1) is 0 Å². The number of unbranched alkanes of at least 4 members (excludes halogenated alkanes) is 29. The van der Waals surface area contributed by atoms with Crippen LogP contribution in [0.2, 0.25) is 0 Å². The fourth-order valence-electron chi connectivity index (χ4n) is 6.95. The van der Waals surface area contributed by atoms with Gasteiger partial charge in [0.2, 0.25) is 5.91 Å². The highest BCUT2D eigenvalue weighted by Gasteiger charge is 2.17. The van der Waals surface area contributed by atoms with Gasteiger partial charge in [0.15, 0.2) is 0 Å². The summed E-state index contributed by atoms with van der Waals surface area (Å²) >= 11 is 0. The van der Waals surface area contributed by atoms with Crippen LogP contribution in [0.4, 0.5) is 0 Å². The number of carbonyl (C=O) groups is 1. The number of allylic oxidation sites excluding steroid dienone is 7. The van der Waals surface area contributed by atoms with Crippen molar-refractivity contribution >= 4 is 5.91 Å². The Morgan fingerprint density at radius 3 is 1.15 bits per heavy atom. The van der Waals surface area contributed by atoms with Crippen LogP contribution in [0.15, 0.2) is 48.6 Å². The molecule has 3 N–H and O–H groups in total. The summed E-state index contributed by atoms with van der Waals surface area (Å²) in [5.41, 5.74) is 0. The van der Waals surface area contributed by atoms with Crippen molar-refractivity contribution in [1.82, 2.24) is 5.32 Å². The van der Waals surface area contributed by atoms with E-state index in [4.69, 9.17) is 0 Å². The molecule has 0 aliphatic rings. The summed E-state index contributed by atoms with van der Waals surface area (Å²) in [6, 6.07) is -0.627. The SMILES string of the molecule is CCCCCCC/C=C\C/C=C\C/C=C\CCCCCCCCCCC(=O)NC(CO)C(O)/C=C/CCCCCCCCCCCCCCCCCC. The van der Waals surface area contributed by atoms with Gasteiger partial charge in [-0.25, -0.2) is 0 Å². The zero-order valence-electron chi connectivity index (χ0n) is 35.5. The second-order valence-electron chi connectivity index (χ2n) is 15.8. The van der Waals surface area contributed by atoms with Gasteiger partial charge in [-0.05, 0) is 57.8 Å². The molecule has 0 aromatic heterocycles. The lowest BCUT2D eigenvalue weighted by atomic mass is 10.0. The fraction of sp³-hybridized carbons (Fsp3) is 0.816. The normalized spacial score (nSPS) is 13.4. The van der Waals surface area contributed by atoms with Gasteiger partial charge >= 0.3 is 0 Å². The van der Waals surface area contributed by atoms with E-state index >= 15 is 0 Å². The number of rotatable bonds is 42. The smallest absolute Gasteiger partial charge is 0.220 e. The van der Waals surface area contributed by atoms with Crippen molar-refractivity contribution in [2.24, 2.45) is 0 Å². The monoisotopic (exact) mass is 742 g/mol.